The molecule has 0 saturated carbocycles. The number of ether oxygens (including phenoxy) is 2. The van der Waals surface area contributed by atoms with Gasteiger partial charge in [-0.3, -0.25) is 0 Å². The zero-order valence-electron chi connectivity index (χ0n) is 12.5. The van der Waals surface area contributed by atoms with Crippen LogP contribution >= 0.6 is 0 Å². The first-order valence-electron chi connectivity index (χ1n) is 6.94. The zero-order valence-corrected chi connectivity index (χ0v) is 12.5. The third kappa shape index (κ3) is 2.63. The minimum Gasteiger partial charge on any atom is -0.496 e. The molecule has 0 aliphatic rings. The Morgan fingerprint density at radius 1 is 0.591 bits per heavy atom. The maximum absolute atomic E-state index is 5.39. The average Bonchev–Trinajstić information content (AvgIpc) is 2.59. The fourth-order valence-electron chi connectivity index (χ4n) is 2.34. The fourth-order valence-corrected chi connectivity index (χ4v) is 2.34. The molecule has 0 N–H and O–H groups in total. The second kappa shape index (κ2) is 6.26. The second-order valence-corrected chi connectivity index (χ2v) is 4.70. The van der Waals surface area contributed by atoms with Gasteiger partial charge in [0.05, 0.1) is 19.9 Å². The number of para-hydroxylation sites is 1. The highest BCUT2D eigenvalue weighted by atomic mass is 16.5. The molecule has 0 atom stereocenters. The van der Waals surface area contributed by atoms with E-state index in [0.717, 1.165) is 22.2 Å². The molecule has 0 aliphatic carbocycles. The lowest BCUT2D eigenvalue weighted by Gasteiger charge is -2.07. The molecule has 4 nitrogen and oxygen atoms in total. The predicted octanol–water partition coefficient (Wildman–Crippen LogP) is 5.27. The Balaban J connectivity index is 2.06. The summed E-state index contributed by atoms with van der Waals surface area (Å²) in [6.45, 7) is 0. The highest BCUT2D eigenvalue weighted by molar-refractivity contribution is 5.96. The van der Waals surface area contributed by atoms with Gasteiger partial charge in [0, 0.05) is 10.8 Å². The Morgan fingerprint density at radius 3 is 2.00 bits per heavy atom. The summed E-state index contributed by atoms with van der Waals surface area (Å²) in [4.78, 5) is 0. The van der Waals surface area contributed by atoms with Crippen LogP contribution in [0.25, 0.3) is 10.8 Å². The van der Waals surface area contributed by atoms with Gasteiger partial charge >= 0.3 is 0 Å². The van der Waals surface area contributed by atoms with Crippen LogP contribution in [0.4, 0.5) is 11.4 Å². The number of methoxy groups -OCH3 is 2. The molecule has 3 aromatic carbocycles. The van der Waals surface area contributed by atoms with Gasteiger partial charge in [0.15, 0.2) is 0 Å². The van der Waals surface area contributed by atoms with Crippen LogP contribution < -0.4 is 9.47 Å². The Morgan fingerprint density at radius 2 is 1.23 bits per heavy atom. The molecule has 0 radical (unpaired) electrons. The first-order valence-corrected chi connectivity index (χ1v) is 6.94. The van der Waals surface area contributed by atoms with Crippen LogP contribution in [-0.2, 0) is 0 Å². The molecule has 0 bridgehead atoms. The number of benzene rings is 3. The van der Waals surface area contributed by atoms with Crippen LogP contribution in [0.15, 0.2) is 70.9 Å². The summed E-state index contributed by atoms with van der Waals surface area (Å²) in [5.41, 5.74) is 1.49. The van der Waals surface area contributed by atoms with Crippen LogP contribution in [0.5, 0.6) is 11.5 Å². The zero-order chi connectivity index (χ0) is 15.4. The third-order valence-corrected chi connectivity index (χ3v) is 3.43. The maximum Gasteiger partial charge on any atom is 0.146 e. The van der Waals surface area contributed by atoms with Crippen molar-refractivity contribution < 1.29 is 9.47 Å². The van der Waals surface area contributed by atoms with E-state index in [2.05, 4.69) is 10.2 Å². The van der Waals surface area contributed by atoms with Gasteiger partial charge in [0.1, 0.15) is 17.2 Å². The van der Waals surface area contributed by atoms with E-state index in [-0.39, 0.29) is 0 Å². The lowest BCUT2D eigenvalue weighted by molar-refractivity contribution is 0.416. The minimum atomic E-state index is 0.698. The van der Waals surface area contributed by atoms with Gasteiger partial charge in [-0.05, 0) is 24.3 Å². The summed E-state index contributed by atoms with van der Waals surface area (Å²) in [6.07, 6.45) is 0. The predicted molar refractivity (Wildman–Crippen MR) is 87.7 cm³/mol. The van der Waals surface area contributed by atoms with E-state index < -0.39 is 0 Å². The smallest absolute Gasteiger partial charge is 0.146 e. The van der Waals surface area contributed by atoms with Crippen molar-refractivity contribution in [1.29, 1.82) is 0 Å². The van der Waals surface area contributed by atoms with E-state index >= 15 is 0 Å². The maximum atomic E-state index is 5.39. The van der Waals surface area contributed by atoms with Gasteiger partial charge in [-0.15, -0.1) is 10.2 Å². The number of hydrogen-bond donors (Lipinski definition) is 0. The SMILES string of the molecule is COc1ccccc1N=Nc1ccc(OC)c2ccccc12. The molecule has 22 heavy (non-hydrogen) atoms. The van der Waals surface area contributed by atoms with Crippen molar-refractivity contribution in [1.82, 2.24) is 0 Å². The van der Waals surface area contributed by atoms with Crippen LogP contribution in [0, 0.1) is 0 Å². The molecule has 110 valence electrons. The van der Waals surface area contributed by atoms with E-state index in [4.69, 9.17) is 9.47 Å². The average molecular weight is 292 g/mol. The third-order valence-electron chi connectivity index (χ3n) is 3.43. The molecular formula is C18H16N2O2. The van der Waals surface area contributed by atoms with Crippen molar-refractivity contribution in [2.75, 3.05) is 14.2 Å². The van der Waals surface area contributed by atoms with Crippen LogP contribution in [0.2, 0.25) is 0 Å². The Labute approximate surface area is 129 Å². The van der Waals surface area contributed by atoms with Crippen molar-refractivity contribution in [2.24, 2.45) is 10.2 Å². The number of azo groups is 1. The molecule has 4 heteroatoms. The number of nitrogens with zero attached hydrogens (tertiary/aromatic N) is 2. The monoisotopic (exact) mass is 292 g/mol. The van der Waals surface area contributed by atoms with Crippen LogP contribution in [-0.4, -0.2) is 14.2 Å². The lowest BCUT2D eigenvalue weighted by Crippen LogP contribution is -1.84. The van der Waals surface area contributed by atoms with Crippen molar-refractivity contribution >= 4 is 22.1 Å². The first kappa shape index (κ1) is 14.1. The minimum absolute atomic E-state index is 0.698. The van der Waals surface area contributed by atoms with Gasteiger partial charge in [-0.1, -0.05) is 36.4 Å². The topological polar surface area (TPSA) is 43.2 Å². The van der Waals surface area contributed by atoms with E-state index in [1.807, 2.05) is 60.7 Å². The van der Waals surface area contributed by atoms with Gasteiger partial charge in [0.25, 0.3) is 0 Å². The number of fused-ring (bicyclic) bond motifs is 1. The Bertz CT molecular complexity index is 828. The largest absolute Gasteiger partial charge is 0.496 e. The van der Waals surface area contributed by atoms with E-state index in [1.54, 1.807) is 14.2 Å². The summed E-state index contributed by atoms with van der Waals surface area (Å²) in [5.74, 6) is 1.52. The quantitative estimate of drug-likeness (QED) is 0.614. The van der Waals surface area contributed by atoms with E-state index in [0.29, 0.717) is 11.4 Å². The standard InChI is InChI=1S/C18H16N2O2/c1-21-17-12-11-15(13-7-3-4-8-14(13)17)19-20-16-9-5-6-10-18(16)22-2/h3-12H,1-2H3. The molecule has 0 heterocycles. The molecule has 3 rings (SSSR count). The molecule has 0 saturated heterocycles. The molecule has 0 unspecified atom stereocenters. The molecule has 0 amide bonds. The molecule has 0 aliphatic heterocycles. The number of hydrogen-bond acceptors (Lipinski definition) is 4. The number of rotatable bonds is 4. The van der Waals surface area contributed by atoms with E-state index in [1.165, 1.54) is 0 Å². The van der Waals surface area contributed by atoms with Crippen molar-refractivity contribution in [2.45, 2.75) is 0 Å². The van der Waals surface area contributed by atoms with Crippen LogP contribution in [0.3, 0.4) is 0 Å². The van der Waals surface area contributed by atoms with Gasteiger partial charge in [-0.25, -0.2) is 0 Å². The normalized spacial score (nSPS) is 11.0. The Hall–Kier alpha value is -2.88. The summed E-state index contributed by atoms with van der Waals surface area (Å²) in [6, 6.07) is 19.3. The van der Waals surface area contributed by atoms with E-state index in [9.17, 15) is 0 Å². The lowest BCUT2D eigenvalue weighted by atomic mass is 10.1. The summed E-state index contributed by atoms with van der Waals surface area (Å²) >= 11 is 0. The first-order chi connectivity index (χ1) is 10.8. The highest BCUT2D eigenvalue weighted by Gasteiger charge is 2.06. The van der Waals surface area contributed by atoms with Crippen molar-refractivity contribution in [3.8, 4) is 11.5 Å². The second-order valence-electron chi connectivity index (χ2n) is 4.70. The van der Waals surface area contributed by atoms with Crippen molar-refractivity contribution in [3.63, 3.8) is 0 Å². The molecular weight excluding hydrogens is 276 g/mol. The molecule has 0 aromatic heterocycles. The van der Waals surface area contributed by atoms with Gasteiger partial charge in [-0.2, -0.15) is 0 Å². The summed E-state index contributed by atoms with van der Waals surface area (Å²) < 4.78 is 10.7. The molecule has 0 spiro atoms. The molecule has 3 aromatic rings. The van der Waals surface area contributed by atoms with Gasteiger partial charge < -0.3 is 9.47 Å². The molecule has 0 fully saturated rings. The highest BCUT2D eigenvalue weighted by Crippen LogP contribution is 2.35. The van der Waals surface area contributed by atoms with Gasteiger partial charge in [0.2, 0.25) is 0 Å². The van der Waals surface area contributed by atoms with Crippen LogP contribution in [0.1, 0.15) is 0 Å². The Kier molecular flexibility index (Phi) is 4.01. The van der Waals surface area contributed by atoms with Crippen molar-refractivity contribution in [3.05, 3.63) is 60.7 Å². The summed E-state index contributed by atoms with van der Waals surface area (Å²) in [5, 5.41) is 10.7. The summed E-state index contributed by atoms with van der Waals surface area (Å²) in [7, 11) is 3.29. The fraction of sp³-hybridized carbons (Fsp3) is 0.111.